The molecule has 0 fully saturated rings. The number of carbonyl (C=O) groups excluding carboxylic acids is 1. The summed E-state index contributed by atoms with van der Waals surface area (Å²) in [5.41, 5.74) is 0.0925. The van der Waals surface area contributed by atoms with E-state index in [1.165, 1.54) is 24.3 Å². The number of hydrogen-bond donors (Lipinski definition) is 1. The van der Waals surface area contributed by atoms with Gasteiger partial charge in [-0.3, -0.25) is 4.79 Å². The Hall–Kier alpha value is -2.77. The fourth-order valence-electron chi connectivity index (χ4n) is 2.27. The van der Waals surface area contributed by atoms with E-state index in [2.05, 4.69) is 10.1 Å². The van der Waals surface area contributed by atoms with Gasteiger partial charge in [0, 0.05) is 5.02 Å². The highest BCUT2D eigenvalue weighted by atomic mass is 35.5. The van der Waals surface area contributed by atoms with Crippen LogP contribution in [-0.2, 0) is 6.61 Å². The number of halogens is 4. The molecule has 146 valence electrons. The topological polar surface area (TPSA) is 60.7 Å². The maximum absolute atomic E-state index is 12.5. The monoisotopic (exact) mass is 427 g/mol. The zero-order valence-electron chi connectivity index (χ0n) is 14.1. The molecular formula is C19H13Cl2F2NO4. The van der Waals surface area contributed by atoms with Crippen molar-refractivity contribution in [3.8, 4) is 11.5 Å². The second-order valence-corrected chi connectivity index (χ2v) is 6.30. The highest BCUT2D eigenvalue weighted by Gasteiger charge is 2.16. The van der Waals surface area contributed by atoms with Crippen LogP contribution in [0.4, 0.5) is 14.5 Å². The van der Waals surface area contributed by atoms with E-state index in [4.69, 9.17) is 32.4 Å². The largest absolute Gasteiger partial charge is 0.484 e. The van der Waals surface area contributed by atoms with Crippen molar-refractivity contribution in [1.82, 2.24) is 0 Å². The lowest BCUT2D eigenvalue weighted by Crippen LogP contribution is -2.13. The number of anilines is 1. The fourth-order valence-corrected chi connectivity index (χ4v) is 2.73. The van der Waals surface area contributed by atoms with Gasteiger partial charge in [0.15, 0.2) is 5.76 Å². The van der Waals surface area contributed by atoms with E-state index in [1.807, 2.05) is 0 Å². The summed E-state index contributed by atoms with van der Waals surface area (Å²) in [6, 6.07) is 13.6. The smallest absolute Gasteiger partial charge is 0.387 e. The Morgan fingerprint density at radius 1 is 1.07 bits per heavy atom. The first-order valence-electron chi connectivity index (χ1n) is 7.94. The van der Waals surface area contributed by atoms with Crippen LogP contribution in [0, 0.1) is 0 Å². The van der Waals surface area contributed by atoms with Crippen molar-refractivity contribution in [2.45, 2.75) is 13.2 Å². The lowest BCUT2D eigenvalue weighted by atomic mass is 10.3. The Morgan fingerprint density at radius 2 is 1.86 bits per heavy atom. The Morgan fingerprint density at radius 3 is 2.61 bits per heavy atom. The van der Waals surface area contributed by atoms with Crippen LogP contribution < -0.4 is 14.8 Å². The summed E-state index contributed by atoms with van der Waals surface area (Å²) in [7, 11) is 0. The van der Waals surface area contributed by atoms with Gasteiger partial charge in [0.05, 0.1) is 10.7 Å². The van der Waals surface area contributed by atoms with Crippen molar-refractivity contribution in [2.24, 2.45) is 0 Å². The predicted octanol–water partition coefficient (Wildman–Crippen LogP) is 6.02. The number of nitrogens with one attached hydrogen (secondary N) is 1. The third-order valence-electron chi connectivity index (χ3n) is 3.50. The van der Waals surface area contributed by atoms with E-state index in [0.717, 1.165) is 0 Å². The first-order chi connectivity index (χ1) is 13.4. The molecule has 1 amide bonds. The fraction of sp³-hybridized carbons (Fsp3) is 0.105. The van der Waals surface area contributed by atoms with Crippen LogP contribution >= 0.6 is 23.2 Å². The molecule has 0 aliphatic rings. The van der Waals surface area contributed by atoms with E-state index in [-0.39, 0.29) is 23.8 Å². The number of hydrogen-bond acceptors (Lipinski definition) is 4. The molecule has 0 spiro atoms. The van der Waals surface area contributed by atoms with E-state index in [0.29, 0.717) is 21.6 Å². The van der Waals surface area contributed by atoms with Gasteiger partial charge >= 0.3 is 6.61 Å². The van der Waals surface area contributed by atoms with Gasteiger partial charge in [-0.1, -0.05) is 35.3 Å². The minimum atomic E-state index is -3.01. The SMILES string of the molecule is O=C(Nc1ccccc1OC(F)F)c1ccc(COc2ccc(Cl)cc2Cl)o1. The van der Waals surface area contributed by atoms with Crippen LogP contribution in [0.15, 0.2) is 59.0 Å². The molecule has 0 saturated heterocycles. The minimum absolute atomic E-state index is 0.0207. The summed E-state index contributed by atoms with van der Waals surface area (Å²) < 4.78 is 40.2. The van der Waals surface area contributed by atoms with Crippen molar-refractivity contribution < 1.29 is 27.5 Å². The van der Waals surface area contributed by atoms with Crippen LogP contribution in [-0.4, -0.2) is 12.5 Å². The highest BCUT2D eigenvalue weighted by Crippen LogP contribution is 2.29. The molecule has 28 heavy (non-hydrogen) atoms. The molecule has 1 aromatic heterocycles. The molecule has 0 atom stereocenters. The molecule has 0 aliphatic carbocycles. The highest BCUT2D eigenvalue weighted by molar-refractivity contribution is 6.35. The minimum Gasteiger partial charge on any atom is -0.484 e. The van der Waals surface area contributed by atoms with Gasteiger partial charge < -0.3 is 19.2 Å². The number of rotatable bonds is 7. The lowest BCUT2D eigenvalue weighted by Gasteiger charge is -2.10. The van der Waals surface area contributed by atoms with Crippen molar-refractivity contribution in [3.63, 3.8) is 0 Å². The maximum atomic E-state index is 12.5. The van der Waals surface area contributed by atoms with Crippen LogP contribution in [0.5, 0.6) is 11.5 Å². The molecule has 3 aromatic rings. The van der Waals surface area contributed by atoms with Crippen LogP contribution in [0.3, 0.4) is 0 Å². The maximum Gasteiger partial charge on any atom is 0.387 e. The van der Waals surface area contributed by atoms with Crippen molar-refractivity contribution in [1.29, 1.82) is 0 Å². The second kappa shape index (κ2) is 8.95. The third-order valence-corrected chi connectivity index (χ3v) is 4.03. The number of furan rings is 1. The number of amides is 1. The lowest BCUT2D eigenvalue weighted by molar-refractivity contribution is -0.0493. The summed E-state index contributed by atoms with van der Waals surface area (Å²) in [5.74, 6) is -0.0214. The quantitative estimate of drug-likeness (QED) is 0.500. The summed E-state index contributed by atoms with van der Waals surface area (Å²) >= 11 is 11.8. The molecule has 0 aliphatic heterocycles. The molecule has 1 N–H and O–H groups in total. The number of alkyl halides is 2. The number of benzene rings is 2. The van der Waals surface area contributed by atoms with Gasteiger partial charge in [0.25, 0.3) is 5.91 Å². The predicted molar refractivity (Wildman–Crippen MR) is 101 cm³/mol. The van der Waals surface area contributed by atoms with E-state index in [9.17, 15) is 13.6 Å². The van der Waals surface area contributed by atoms with Crippen molar-refractivity contribution in [2.75, 3.05) is 5.32 Å². The average Bonchev–Trinajstić information content (AvgIpc) is 3.11. The summed E-state index contributed by atoms with van der Waals surface area (Å²) in [6.45, 7) is -2.98. The molecule has 9 heteroatoms. The van der Waals surface area contributed by atoms with Crippen LogP contribution in [0.25, 0.3) is 0 Å². The van der Waals surface area contributed by atoms with Gasteiger partial charge in [0.1, 0.15) is 23.9 Å². The number of ether oxygens (including phenoxy) is 2. The van der Waals surface area contributed by atoms with Crippen LogP contribution in [0.1, 0.15) is 16.3 Å². The molecule has 0 saturated carbocycles. The molecule has 0 unspecified atom stereocenters. The van der Waals surface area contributed by atoms with Gasteiger partial charge in [-0.05, 0) is 42.5 Å². The van der Waals surface area contributed by atoms with Gasteiger partial charge in [-0.15, -0.1) is 0 Å². The molecule has 0 radical (unpaired) electrons. The van der Waals surface area contributed by atoms with Gasteiger partial charge in [0.2, 0.25) is 0 Å². The summed E-state index contributed by atoms with van der Waals surface area (Å²) in [5, 5.41) is 3.28. The molecule has 0 bridgehead atoms. The summed E-state index contributed by atoms with van der Waals surface area (Å²) in [6.07, 6.45) is 0. The number of para-hydroxylation sites is 2. The molecule has 2 aromatic carbocycles. The Labute approximate surface area is 168 Å². The van der Waals surface area contributed by atoms with E-state index in [1.54, 1.807) is 30.3 Å². The zero-order valence-corrected chi connectivity index (χ0v) is 15.6. The molecule has 5 nitrogen and oxygen atoms in total. The van der Waals surface area contributed by atoms with Gasteiger partial charge in [-0.2, -0.15) is 8.78 Å². The Bertz CT molecular complexity index is 978. The van der Waals surface area contributed by atoms with Crippen LogP contribution in [0.2, 0.25) is 10.0 Å². The third kappa shape index (κ3) is 5.15. The van der Waals surface area contributed by atoms with Crippen molar-refractivity contribution >= 4 is 34.8 Å². The first-order valence-corrected chi connectivity index (χ1v) is 8.69. The van der Waals surface area contributed by atoms with Crippen molar-refractivity contribution in [3.05, 3.63) is 76.2 Å². The normalized spacial score (nSPS) is 10.8. The van der Waals surface area contributed by atoms with E-state index >= 15 is 0 Å². The standard InChI is InChI=1S/C19H13Cl2F2NO4/c20-11-5-7-15(13(21)9-11)26-10-12-6-8-17(27-12)18(25)24-14-3-1-2-4-16(14)28-19(22)23/h1-9,19H,10H2,(H,24,25). The molecule has 3 rings (SSSR count). The molecule has 1 heterocycles. The Kier molecular flexibility index (Phi) is 6.38. The first kappa shape index (κ1) is 20.0. The van der Waals surface area contributed by atoms with Gasteiger partial charge in [-0.25, -0.2) is 0 Å². The Balaban J connectivity index is 1.64. The zero-order chi connectivity index (χ0) is 20.1. The summed E-state index contributed by atoms with van der Waals surface area (Å²) in [4.78, 5) is 12.3. The van der Waals surface area contributed by atoms with E-state index < -0.39 is 12.5 Å². The molecular weight excluding hydrogens is 415 g/mol. The second-order valence-electron chi connectivity index (χ2n) is 5.46. The average molecular weight is 428 g/mol. The number of carbonyl (C=O) groups is 1.